The van der Waals surface area contributed by atoms with E-state index in [1.165, 1.54) is 11.1 Å². The molecule has 2 aromatic carbocycles. The molecule has 6 nitrogen and oxygen atoms in total. The van der Waals surface area contributed by atoms with Crippen LogP contribution in [0.15, 0.2) is 42.5 Å². The third kappa shape index (κ3) is 3.55. The topological polar surface area (TPSA) is 104 Å². The molecule has 0 aromatic heterocycles. The number of benzene rings is 2. The monoisotopic (exact) mass is 353 g/mol. The van der Waals surface area contributed by atoms with Crippen LogP contribution in [0.3, 0.4) is 0 Å². The molecule has 1 aliphatic heterocycles. The lowest BCUT2D eigenvalue weighted by molar-refractivity contribution is -0.138. The van der Waals surface area contributed by atoms with Crippen LogP contribution in [0.1, 0.15) is 18.1 Å². The van der Waals surface area contributed by atoms with Gasteiger partial charge in [-0.1, -0.05) is 43.3 Å². The zero-order valence-electron chi connectivity index (χ0n) is 14.7. The van der Waals surface area contributed by atoms with Gasteiger partial charge in [-0.3, -0.25) is 9.59 Å². The van der Waals surface area contributed by atoms with E-state index in [4.69, 9.17) is 10.8 Å². The zero-order valence-corrected chi connectivity index (χ0v) is 14.7. The zero-order chi connectivity index (χ0) is 18.7. The SMILES string of the molecule is CCc1ccccc1-c1cccc2c1CC(C(=O)NC[C@@H](N)C(=O)O)N2. The van der Waals surface area contributed by atoms with E-state index in [-0.39, 0.29) is 12.5 Å². The summed E-state index contributed by atoms with van der Waals surface area (Å²) in [6.07, 6.45) is 1.49. The number of hydrogen-bond donors (Lipinski definition) is 4. The van der Waals surface area contributed by atoms with Gasteiger partial charge in [-0.05, 0) is 34.7 Å². The summed E-state index contributed by atoms with van der Waals surface area (Å²) in [5, 5.41) is 14.7. The number of hydrogen-bond acceptors (Lipinski definition) is 4. The van der Waals surface area contributed by atoms with Crippen molar-refractivity contribution in [3.05, 3.63) is 53.6 Å². The van der Waals surface area contributed by atoms with Gasteiger partial charge in [-0.2, -0.15) is 0 Å². The lowest BCUT2D eigenvalue weighted by atomic mass is 9.92. The van der Waals surface area contributed by atoms with Crippen molar-refractivity contribution in [3.8, 4) is 11.1 Å². The maximum absolute atomic E-state index is 12.4. The number of carboxylic acid groups (broad SMARTS) is 1. The summed E-state index contributed by atoms with van der Waals surface area (Å²) in [7, 11) is 0. The Morgan fingerprint density at radius 1 is 1.23 bits per heavy atom. The minimum Gasteiger partial charge on any atom is -0.480 e. The van der Waals surface area contributed by atoms with Crippen molar-refractivity contribution in [1.82, 2.24) is 5.32 Å². The number of nitrogens with one attached hydrogen (secondary N) is 2. The molecule has 3 rings (SSSR count). The summed E-state index contributed by atoms with van der Waals surface area (Å²) in [6, 6.07) is 12.8. The second kappa shape index (κ2) is 7.58. The van der Waals surface area contributed by atoms with Crippen LogP contribution in [0, 0.1) is 0 Å². The van der Waals surface area contributed by atoms with E-state index < -0.39 is 18.1 Å². The molecule has 0 saturated carbocycles. The van der Waals surface area contributed by atoms with Gasteiger partial charge < -0.3 is 21.5 Å². The van der Waals surface area contributed by atoms with E-state index in [0.717, 1.165) is 23.2 Å². The Balaban J connectivity index is 1.79. The first-order valence-electron chi connectivity index (χ1n) is 8.74. The molecule has 0 fully saturated rings. The Bertz CT molecular complexity index is 835. The molecule has 1 heterocycles. The molecular formula is C20H23N3O3. The second-order valence-electron chi connectivity index (χ2n) is 6.43. The van der Waals surface area contributed by atoms with E-state index >= 15 is 0 Å². The molecule has 0 bridgehead atoms. The highest BCUT2D eigenvalue weighted by Gasteiger charge is 2.29. The molecule has 0 saturated heterocycles. The number of carbonyl (C=O) groups is 2. The van der Waals surface area contributed by atoms with Crippen LogP contribution in [-0.2, 0) is 22.4 Å². The highest BCUT2D eigenvalue weighted by atomic mass is 16.4. The van der Waals surface area contributed by atoms with Crippen molar-refractivity contribution in [2.45, 2.75) is 31.8 Å². The number of fused-ring (bicyclic) bond motifs is 1. The molecule has 136 valence electrons. The predicted molar refractivity (Wildman–Crippen MR) is 101 cm³/mol. The minimum atomic E-state index is -1.13. The van der Waals surface area contributed by atoms with E-state index in [1.54, 1.807) is 0 Å². The molecule has 1 amide bonds. The lowest BCUT2D eigenvalue weighted by Gasteiger charge is -2.13. The normalized spacial score (nSPS) is 16.5. The van der Waals surface area contributed by atoms with Crippen LogP contribution >= 0.6 is 0 Å². The molecule has 0 spiro atoms. The minimum absolute atomic E-state index is 0.0891. The van der Waals surface area contributed by atoms with Gasteiger partial charge in [0.15, 0.2) is 0 Å². The summed E-state index contributed by atoms with van der Waals surface area (Å²) in [5.74, 6) is -1.38. The number of carbonyl (C=O) groups excluding carboxylic acids is 1. The standard InChI is InChI=1S/C20H23N3O3/c1-2-12-6-3-4-7-13(12)14-8-5-9-17-15(14)10-18(23-17)19(24)22-11-16(21)20(25)26/h3-9,16,18,23H,2,10-11,21H2,1H3,(H,22,24)(H,25,26)/t16-,18?/m1/s1. The predicted octanol–water partition coefficient (Wildman–Crippen LogP) is 1.78. The van der Waals surface area contributed by atoms with Crippen LogP contribution in [-0.4, -0.2) is 35.6 Å². The van der Waals surface area contributed by atoms with Crippen LogP contribution in [0.4, 0.5) is 5.69 Å². The average molecular weight is 353 g/mol. The van der Waals surface area contributed by atoms with Crippen LogP contribution in [0.2, 0.25) is 0 Å². The molecule has 2 aromatic rings. The van der Waals surface area contributed by atoms with Gasteiger partial charge in [0, 0.05) is 18.7 Å². The van der Waals surface area contributed by atoms with E-state index in [2.05, 4.69) is 35.8 Å². The number of anilines is 1. The third-order valence-electron chi connectivity index (χ3n) is 4.73. The summed E-state index contributed by atoms with van der Waals surface area (Å²) in [4.78, 5) is 23.2. The second-order valence-corrected chi connectivity index (χ2v) is 6.43. The van der Waals surface area contributed by atoms with Gasteiger partial charge in [0.2, 0.25) is 5.91 Å². The van der Waals surface area contributed by atoms with Crippen molar-refractivity contribution in [2.75, 3.05) is 11.9 Å². The van der Waals surface area contributed by atoms with Crippen LogP contribution in [0.25, 0.3) is 11.1 Å². The summed E-state index contributed by atoms with van der Waals surface area (Å²) in [5.41, 5.74) is 11.1. The Labute approximate surface area is 152 Å². The first-order chi connectivity index (χ1) is 12.5. The number of nitrogens with two attached hydrogens (primary N) is 1. The molecule has 1 aliphatic rings. The van der Waals surface area contributed by atoms with Gasteiger partial charge in [0.05, 0.1) is 0 Å². The third-order valence-corrected chi connectivity index (χ3v) is 4.73. The molecular weight excluding hydrogens is 330 g/mol. The highest BCUT2D eigenvalue weighted by molar-refractivity contribution is 5.90. The molecule has 5 N–H and O–H groups in total. The Morgan fingerprint density at radius 2 is 1.96 bits per heavy atom. The summed E-state index contributed by atoms with van der Waals surface area (Å²) in [6.45, 7) is 2.04. The largest absolute Gasteiger partial charge is 0.480 e. The first-order valence-corrected chi connectivity index (χ1v) is 8.74. The molecule has 1 unspecified atom stereocenters. The van der Waals surface area contributed by atoms with Crippen molar-refractivity contribution in [2.24, 2.45) is 5.73 Å². The number of carboxylic acids is 1. The Hall–Kier alpha value is -2.86. The van der Waals surface area contributed by atoms with E-state index in [9.17, 15) is 9.59 Å². The lowest BCUT2D eigenvalue weighted by Crippen LogP contribution is -2.46. The maximum Gasteiger partial charge on any atom is 0.322 e. The van der Waals surface area contributed by atoms with Crippen LogP contribution in [0.5, 0.6) is 0 Å². The molecule has 0 radical (unpaired) electrons. The number of aryl methyl sites for hydroxylation is 1. The van der Waals surface area contributed by atoms with Gasteiger partial charge in [0.25, 0.3) is 0 Å². The van der Waals surface area contributed by atoms with Gasteiger partial charge >= 0.3 is 5.97 Å². The average Bonchev–Trinajstić information content (AvgIpc) is 3.10. The van der Waals surface area contributed by atoms with E-state index in [0.29, 0.717) is 6.42 Å². The van der Waals surface area contributed by atoms with E-state index in [1.807, 2.05) is 24.3 Å². The Kier molecular flexibility index (Phi) is 5.23. The van der Waals surface area contributed by atoms with Crippen molar-refractivity contribution in [3.63, 3.8) is 0 Å². The fourth-order valence-corrected chi connectivity index (χ4v) is 3.31. The van der Waals surface area contributed by atoms with Gasteiger partial charge in [-0.25, -0.2) is 0 Å². The van der Waals surface area contributed by atoms with Crippen molar-refractivity contribution >= 4 is 17.6 Å². The fraction of sp³-hybridized carbons (Fsp3) is 0.300. The maximum atomic E-state index is 12.4. The Morgan fingerprint density at radius 3 is 2.69 bits per heavy atom. The molecule has 6 heteroatoms. The van der Waals surface area contributed by atoms with Gasteiger partial charge in [-0.15, -0.1) is 0 Å². The summed E-state index contributed by atoms with van der Waals surface area (Å²) < 4.78 is 0. The highest BCUT2D eigenvalue weighted by Crippen LogP contribution is 2.36. The molecule has 26 heavy (non-hydrogen) atoms. The molecule has 2 atom stereocenters. The van der Waals surface area contributed by atoms with Gasteiger partial charge in [0.1, 0.15) is 12.1 Å². The quantitative estimate of drug-likeness (QED) is 0.634. The fourth-order valence-electron chi connectivity index (χ4n) is 3.31. The number of aliphatic carboxylic acids is 1. The van der Waals surface area contributed by atoms with Crippen molar-refractivity contribution in [1.29, 1.82) is 0 Å². The molecule has 0 aliphatic carbocycles. The van der Waals surface area contributed by atoms with Crippen LogP contribution < -0.4 is 16.4 Å². The smallest absolute Gasteiger partial charge is 0.322 e. The first kappa shape index (κ1) is 17.9. The summed E-state index contributed by atoms with van der Waals surface area (Å²) >= 11 is 0. The number of amides is 1. The number of rotatable bonds is 6. The van der Waals surface area contributed by atoms with Crippen molar-refractivity contribution < 1.29 is 14.7 Å².